The minimum atomic E-state index is -0.196. The van der Waals surface area contributed by atoms with Gasteiger partial charge in [0.15, 0.2) is 0 Å². The molecule has 2 aromatic rings. The Kier molecular flexibility index (Phi) is 4.50. The van der Waals surface area contributed by atoms with E-state index >= 15 is 0 Å². The number of hydrogen-bond donors (Lipinski definition) is 1. The number of nitrogens with zero attached hydrogens (tertiary/aromatic N) is 2. The van der Waals surface area contributed by atoms with Crippen molar-refractivity contribution in [3.63, 3.8) is 0 Å². The number of ether oxygens (including phenoxy) is 1. The molecule has 0 aliphatic heterocycles. The molecule has 0 saturated heterocycles. The van der Waals surface area contributed by atoms with Gasteiger partial charge in [0.05, 0.1) is 23.2 Å². The Bertz CT molecular complexity index is 539. The summed E-state index contributed by atoms with van der Waals surface area (Å²) in [5.41, 5.74) is 8.35. The first-order valence-electron chi connectivity index (χ1n) is 6.44. The fourth-order valence-corrected chi connectivity index (χ4v) is 2.77. The standard InChI is InChI=1S/C14H19N3OS/c1-4-18-11-7-5-6-10(8-11)12(15)14-13(9(2)3)16-17-19-14/h5-9,12H,4,15H2,1-3H3. The summed E-state index contributed by atoms with van der Waals surface area (Å²) < 4.78 is 9.54. The Labute approximate surface area is 117 Å². The lowest BCUT2D eigenvalue weighted by Crippen LogP contribution is -2.13. The van der Waals surface area contributed by atoms with Crippen molar-refractivity contribution in [3.8, 4) is 5.75 Å². The molecule has 0 aliphatic carbocycles. The van der Waals surface area contributed by atoms with Crippen molar-refractivity contribution in [2.45, 2.75) is 32.7 Å². The van der Waals surface area contributed by atoms with E-state index in [0.717, 1.165) is 21.9 Å². The third-order valence-electron chi connectivity index (χ3n) is 2.90. The van der Waals surface area contributed by atoms with E-state index in [0.29, 0.717) is 12.5 Å². The van der Waals surface area contributed by atoms with Gasteiger partial charge < -0.3 is 10.5 Å². The molecule has 0 spiro atoms. The predicted octanol–water partition coefficient (Wildman–Crippen LogP) is 3.11. The molecule has 5 heteroatoms. The van der Waals surface area contributed by atoms with Gasteiger partial charge in [-0.2, -0.15) is 0 Å². The molecule has 1 aromatic carbocycles. The molecule has 1 aromatic heterocycles. The fraction of sp³-hybridized carbons (Fsp3) is 0.429. The van der Waals surface area contributed by atoms with E-state index in [-0.39, 0.29) is 6.04 Å². The first-order valence-corrected chi connectivity index (χ1v) is 7.21. The maximum atomic E-state index is 6.34. The maximum Gasteiger partial charge on any atom is 0.119 e. The van der Waals surface area contributed by atoms with Crippen molar-refractivity contribution in [1.29, 1.82) is 0 Å². The molecule has 1 heterocycles. The smallest absolute Gasteiger partial charge is 0.119 e. The Morgan fingerprint density at radius 3 is 2.84 bits per heavy atom. The Morgan fingerprint density at radius 2 is 2.16 bits per heavy atom. The molecule has 19 heavy (non-hydrogen) atoms. The molecule has 4 nitrogen and oxygen atoms in total. The van der Waals surface area contributed by atoms with Crippen LogP contribution in [0, 0.1) is 0 Å². The zero-order valence-electron chi connectivity index (χ0n) is 11.5. The minimum absolute atomic E-state index is 0.196. The van der Waals surface area contributed by atoms with Gasteiger partial charge in [0.2, 0.25) is 0 Å². The number of nitrogens with two attached hydrogens (primary N) is 1. The molecule has 0 bridgehead atoms. The molecule has 2 N–H and O–H groups in total. The van der Waals surface area contributed by atoms with Crippen molar-refractivity contribution >= 4 is 11.5 Å². The van der Waals surface area contributed by atoms with Gasteiger partial charge in [-0.15, -0.1) is 5.10 Å². The van der Waals surface area contributed by atoms with Crippen LogP contribution in [0.2, 0.25) is 0 Å². The second-order valence-corrected chi connectivity index (χ2v) is 5.45. The third kappa shape index (κ3) is 3.11. The number of rotatable bonds is 5. The second-order valence-electron chi connectivity index (χ2n) is 4.66. The van der Waals surface area contributed by atoms with E-state index in [2.05, 4.69) is 23.4 Å². The highest BCUT2D eigenvalue weighted by Crippen LogP contribution is 2.30. The quantitative estimate of drug-likeness (QED) is 0.912. The molecular weight excluding hydrogens is 258 g/mol. The van der Waals surface area contributed by atoms with Crippen LogP contribution in [0.5, 0.6) is 5.75 Å². The van der Waals surface area contributed by atoms with Gasteiger partial charge in [0, 0.05) is 0 Å². The summed E-state index contributed by atoms with van der Waals surface area (Å²) in [5.74, 6) is 1.17. The summed E-state index contributed by atoms with van der Waals surface area (Å²) in [6, 6.07) is 7.70. The summed E-state index contributed by atoms with van der Waals surface area (Å²) >= 11 is 1.37. The topological polar surface area (TPSA) is 61.0 Å². The first kappa shape index (κ1) is 14.0. The molecule has 0 radical (unpaired) electrons. The van der Waals surface area contributed by atoms with Crippen LogP contribution in [-0.2, 0) is 0 Å². The Morgan fingerprint density at radius 1 is 1.37 bits per heavy atom. The molecule has 2 rings (SSSR count). The van der Waals surface area contributed by atoms with Gasteiger partial charge in [-0.05, 0) is 42.1 Å². The van der Waals surface area contributed by atoms with Crippen LogP contribution in [0.1, 0.15) is 48.9 Å². The molecule has 0 fully saturated rings. The zero-order valence-corrected chi connectivity index (χ0v) is 12.3. The minimum Gasteiger partial charge on any atom is -0.494 e. The van der Waals surface area contributed by atoms with Gasteiger partial charge in [-0.1, -0.05) is 30.5 Å². The maximum absolute atomic E-state index is 6.34. The largest absolute Gasteiger partial charge is 0.494 e. The summed E-state index contributed by atoms with van der Waals surface area (Å²) in [5, 5.41) is 4.18. The number of aromatic nitrogens is 2. The van der Waals surface area contributed by atoms with Gasteiger partial charge in [0.25, 0.3) is 0 Å². The summed E-state index contributed by atoms with van der Waals surface area (Å²) in [7, 11) is 0. The van der Waals surface area contributed by atoms with E-state index < -0.39 is 0 Å². The van der Waals surface area contributed by atoms with E-state index in [1.807, 2.05) is 31.2 Å². The summed E-state index contributed by atoms with van der Waals surface area (Å²) in [6.45, 7) is 6.82. The highest BCUT2D eigenvalue weighted by atomic mass is 32.1. The predicted molar refractivity (Wildman–Crippen MR) is 77.6 cm³/mol. The van der Waals surface area contributed by atoms with Crippen molar-refractivity contribution in [2.24, 2.45) is 5.73 Å². The molecule has 1 atom stereocenters. The van der Waals surface area contributed by atoms with Gasteiger partial charge >= 0.3 is 0 Å². The van der Waals surface area contributed by atoms with Crippen molar-refractivity contribution in [1.82, 2.24) is 9.59 Å². The molecule has 0 amide bonds. The number of benzene rings is 1. The average Bonchev–Trinajstić information content (AvgIpc) is 2.88. The average molecular weight is 277 g/mol. The normalized spacial score (nSPS) is 12.7. The molecule has 1 unspecified atom stereocenters. The van der Waals surface area contributed by atoms with Gasteiger partial charge in [-0.25, -0.2) is 0 Å². The SMILES string of the molecule is CCOc1cccc(C(N)c2snnc2C(C)C)c1. The third-order valence-corrected chi connectivity index (χ3v) is 3.72. The fourth-order valence-electron chi connectivity index (χ4n) is 1.94. The second kappa shape index (κ2) is 6.12. The van der Waals surface area contributed by atoms with Crippen LogP contribution in [0.4, 0.5) is 0 Å². The van der Waals surface area contributed by atoms with Crippen LogP contribution in [0.3, 0.4) is 0 Å². The highest BCUT2D eigenvalue weighted by molar-refractivity contribution is 7.05. The first-order chi connectivity index (χ1) is 9.13. The van der Waals surface area contributed by atoms with Crippen LogP contribution in [0.15, 0.2) is 24.3 Å². The van der Waals surface area contributed by atoms with Crippen LogP contribution < -0.4 is 10.5 Å². The van der Waals surface area contributed by atoms with Crippen LogP contribution >= 0.6 is 11.5 Å². The Balaban J connectivity index is 2.30. The lowest BCUT2D eigenvalue weighted by atomic mass is 10.0. The van der Waals surface area contributed by atoms with Gasteiger partial charge in [0.1, 0.15) is 5.75 Å². The van der Waals surface area contributed by atoms with Crippen molar-refractivity contribution < 1.29 is 4.74 Å². The Hall–Kier alpha value is -1.46. The zero-order chi connectivity index (χ0) is 13.8. The monoisotopic (exact) mass is 277 g/mol. The lowest BCUT2D eigenvalue weighted by molar-refractivity contribution is 0.340. The van der Waals surface area contributed by atoms with Crippen LogP contribution in [-0.4, -0.2) is 16.2 Å². The summed E-state index contributed by atoms with van der Waals surface area (Å²) in [6.07, 6.45) is 0. The lowest BCUT2D eigenvalue weighted by Gasteiger charge is -2.14. The van der Waals surface area contributed by atoms with Crippen molar-refractivity contribution in [3.05, 3.63) is 40.4 Å². The highest BCUT2D eigenvalue weighted by Gasteiger charge is 2.19. The molecule has 0 aliphatic rings. The molecule has 0 saturated carbocycles. The van der Waals surface area contributed by atoms with E-state index in [1.54, 1.807) is 0 Å². The van der Waals surface area contributed by atoms with E-state index in [4.69, 9.17) is 10.5 Å². The van der Waals surface area contributed by atoms with Gasteiger partial charge in [-0.3, -0.25) is 0 Å². The van der Waals surface area contributed by atoms with E-state index in [1.165, 1.54) is 11.5 Å². The van der Waals surface area contributed by atoms with Crippen molar-refractivity contribution in [2.75, 3.05) is 6.61 Å². The van der Waals surface area contributed by atoms with Crippen LogP contribution in [0.25, 0.3) is 0 Å². The van der Waals surface area contributed by atoms with E-state index in [9.17, 15) is 0 Å². The molecular formula is C14H19N3OS. The summed E-state index contributed by atoms with van der Waals surface area (Å²) in [4.78, 5) is 1.03. The molecule has 102 valence electrons. The number of hydrogen-bond acceptors (Lipinski definition) is 5.